The molecule has 7 heteroatoms. The van der Waals surface area contributed by atoms with Crippen LogP contribution in [0.3, 0.4) is 0 Å². The van der Waals surface area contributed by atoms with Gasteiger partial charge in [-0.3, -0.25) is 9.78 Å². The van der Waals surface area contributed by atoms with E-state index in [1.54, 1.807) is 0 Å². The Morgan fingerprint density at radius 3 is 2.79 bits per heavy atom. The molecule has 0 radical (unpaired) electrons. The average Bonchev–Trinajstić information content (AvgIpc) is 2.72. The molecule has 1 aliphatic rings. The summed E-state index contributed by atoms with van der Waals surface area (Å²) in [6.07, 6.45) is 5.85. The molecule has 0 unspecified atom stereocenters. The molecule has 0 saturated carbocycles. The molecule has 28 heavy (non-hydrogen) atoms. The number of anilines is 1. The molecular formula is C21H20Cl2N4O. The zero-order chi connectivity index (χ0) is 19.5. The number of hydrogen-bond donors (Lipinski definition) is 2. The van der Waals surface area contributed by atoms with Crippen LogP contribution in [0.1, 0.15) is 34.5 Å². The highest BCUT2D eigenvalue weighted by molar-refractivity contribution is 6.41. The Morgan fingerprint density at radius 2 is 1.93 bits per heavy atom. The van der Waals surface area contributed by atoms with Gasteiger partial charge in [-0.1, -0.05) is 41.4 Å². The monoisotopic (exact) mass is 414 g/mol. The first-order chi connectivity index (χ1) is 13.6. The van der Waals surface area contributed by atoms with Crippen molar-refractivity contribution in [2.75, 3.05) is 18.4 Å². The normalized spacial score (nSPS) is 13.2. The maximum Gasteiger partial charge on any atom is 0.252 e. The number of rotatable bonds is 5. The maximum absolute atomic E-state index is 12.3. The van der Waals surface area contributed by atoms with Crippen LogP contribution in [0.4, 0.5) is 5.69 Å². The Morgan fingerprint density at radius 1 is 1.11 bits per heavy atom. The lowest BCUT2D eigenvalue weighted by Crippen LogP contribution is -2.29. The Bertz CT molecular complexity index is 1040. The Hall–Kier alpha value is -2.37. The largest absolute Gasteiger partial charge is 0.382 e. The van der Waals surface area contributed by atoms with E-state index in [1.165, 1.54) is 36.4 Å². The molecule has 0 atom stereocenters. The van der Waals surface area contributed by atoms with Crippen LogP contribution in [-0.4, -0.2) is 29.0 Å². The topological polar surface area (TPSA) is 66.9 Å². The van der Waals surface area contributed by atoms with E-state index in [-0.39, 0.29) is 16.1 Å². The standard InChI is InChI=1S/C21H20Cl2N4O/c22-16-11-13(12-26-20(16)23)21(28)25-10-9-24-19-14-5-1-3-7-17(14)27-18-8-4-2-6-15(18)19/h1,3,5,7,11-12H,2,4,6,8-10H2,(H,24,27)(H,25,28). The van der Waals surface area contributed by atoms with Gasteiger partial charge in [-0.05, 0) is 43.4 Å². The number of fused-ring (bicyclic) bond motifs is 2. The van der Waals surface area contributed by atoms with Crippen LogP contribution in [-0.2, 0) is 12.8 Å². The van der Waals surface area contributed by atoms with Crippen LogP contribution in [0, 0.1) is 0 Å². The molecule has 0 saturated heterocycles. The van der Waals surface area contributed by atoms with Crippen LogP contribution in [0.15, 0.2) is 36.5 Å². The number of carbonyl (C=O) groups is 1. The highest BCUT2D eigenvalue weighted by Crippen LogP contribution is 2.33. The van der Waals surface area contributed by atoms with Crippen molar-refractivity contribution < 1.29 is 4.79 Å². The Kier molecular flexibility index (Phi) is 5.64. The summed E-state index contributed by atoms with van der Waals surface area (Å²) in [5.74, 6) is -0.227. The molecule has 1 amide bonds. The predicted octanol–water partition coefficient (Wildman–Crippen LogP) is 4.66. The summed E-state index contributed by atoms with van der Waals surface area (Å²) >= 11 is 11.7. The molecule has 0 spiro atoms. The fourth-order valence-corrected chi connectivity index (χ4v) is 3.86. The number of pyridine rings is 2. The molecule has 3 aromatic rings. The zero-order valence-electron chi connectivity index (χ0n) is 15.3. The van der Waals surface area contributed by atoms with E-state index in [1.807, 2.05) is 12.1 Å². The van der Waals surface area contributed by atoms with E-state index in [0.717, 1.165) is 29.4 Å². The van der Waals surface area contributed by atoms with Gasteiger partial charge in [-0.2, -0.15) is 0 Å². The smallest absolute Gasteiger partial charge is 0.252 e. The van der Waals surface area contributed by atoms with Gasteiger partial charge in [-0.25, -0.2) is 4.98 Å². The maximum atomic E-state index is 12.3. The first kappa shape index (κ1) is 19.0. The zero-order valence-corrected chi connectivity index (χ0v) is 16.8. The lowest BCUT2D eigenvalue weighted by atomic mass is 9.92. The minimum absolute atomic E-state index is 0.189. The quantitative estimate of drug-likeness (QED) is 0.470. The number of amides is 1. The predicted molar refractivity (Wildman–Crippen MR) is 113 cm³/mol. The van der Waals surface area contributed by atoms with E-state index < -0.39 is 0 Å². The van der Waals surface area contributed by atoms with Gasteiger partial charge in [-0.15, -0.1) is 0 Å². The average molecular weight is 415 g/mol. The number of carbonyl (C=O) groups excluding carboxylic acids is 1. The molecule has 2 aromatic heterocycles. The summed E-state index contributed by atoms with van der Waals surface area (Å²) in [6, 6.07) is 9.71. The molecule has 0 fully saturated rings. The minimum Gasteiger partial charge on any atom is -0.382 e. The van der Waals surface area contributed by atoms with Crippen LogP contribution in [0.2, 0.25) is 10.2 Å². The van der Waals surface area contributed by atoms with E-state index >= 15 is 0 Å². The van der Waals surface area contributed by atoms with Crippen LogP contribution in [0.25, 0.3) is 10.9 Å². The lowest BCUT2D eigenvalue weighted by molar-refractivity contribution is 0.0955. The molecule has 1 aliphatic carbocycles. The summed E-state index contributed by atoms with van der Waals surface area (Å²) in [7, 11) is 0. The number of nitrogens with zero attached hydrogens (tertiary/aromatic N) is 2. The summed E-state index contributed by atoms with van der Waals surface area (Å²) in [6.45, 7) is 1.09. The highest BCUT2D eigenvalue weighted by Gasteiger charge is 2.18. The fourth-order valence-electron chi connectivity index (χ4n) is 3.59. The number of aryl methyl sites for hydroxylation is 1. The van der Waals surface area contributed by atoms with Gasteiger partial charge in [0.15, 0.2) is 0 Å². The third-order valence-corrected chi connectivity index (χ3v) is 5.63. The fraction of sp³-hybridized carbons (Fsp3) is 0.286. The second kappa shape index (κ2) is 8.33. The van der Waals surface area contributed by atoms with Crippen molar-refractivity contribution in [1.29, 1.82) is 0 Å². The number of aromatic nitrogens is 2. The van der Waals surface area contributed by atoms with Crippen molar-refractivity contribution in [3.63, 3.8) is 0 Å². The number of para-hydroxylation sites is 1. The molecule has 0 bridgehead atoms. The molecule has 4 rings (SSSR count). The molecule has 0 aliphatic heterocycles. The number of halogens is 2. The van der Waals surface area contributed by atoms with E-state index in [9.17, 15) is 4.79 Å². The van der Waals surface area contributed by atoms with Gasteiger partial charge in [0, 0.05) is 36.1 Å². The third kappa shape index (κ3) is 3.91. The summed E-state index contributed by atoms with van der Waals surface area (Å²) in [5, 5.41) is 7.99. The molecule has 5 nitrogen and oxygen atoms in total. The van der Waals surface area contributed by atoms with Crippen molar-refractivity contribution in [2.45, 2.75) is 25.7 Å². The SMILES string of the molecule is O=C(NCCNc1c2c(nc3ccccc13)CCCC2)c1cnc(Cl)c(Cl)c1. The van der Waals surface area contributed by atoms with Gasteiger partial charge in [0.2, 0.25) is 0 Å². The molecular weight excluding hydrogens is 395 g/mol. The van der Waals surface area contributed by atoms with Gasteiger partial charge in [0.25, 0.3) is 5.91 Å². The second-order valence-corrected chi connectivity index (χ2v) is 7.58. The minimum atomic E-state index is -0.227. The van der Waals surface area contributed by atoms with Crippen LogP contribution < -0.4 is 10.6 Å². The van der Waals surface area contributed by atoms with E-state index in [2.05, 4.69) is 27.8 Å². The number of nitrogens with one attached hydrogen (secondary N) is 2. The van der Waals surface area contributed by atoms with E-state index in [4.69, 9.17) is 28.2 Å². The summed E-state index contributed by atoms with van der Waals surface area (Å²) in [4.78, 5) is 21.0. The summed E-state index contributed by atoms with van der Waals surface area (Å²) in [5.41, 5.74) is 5.05. The third-order valence-electron chi connectivity index (χ3n) is 4.94. The van der Waals surface area contributed by atoms with E-state index in [0.29, 0.717) is 18.7 Å². The van der Waals surface area contributed by atoms with Crippen molar-refractivity contribution in [2.24, 2.45) is 0 Å². The Labute approximate surface area is 173 Å². The van der Waals surface area contributed by atoms with Crippen molar-refractivity contribution in [3.05, 3.63) is 63.5 Å². The number of benzene rings is 1. The molecule has 144 valence electrons. The second-order valence-electron chi connectivity index (χ2n) is 6.82. The summed E-state index contributed by atoms with van der Waals surface area (Å²) < 4.78 is 0. The highest BCUT2D eigenvalue weighted by atomic mass is 35.5. The molecule has 2 heterocycles. The van der Waals surface area contributed by atoms with Crippen molar-refractivity contribution >= 4 is 45.7 Å². The van der Waals surface area contributed by atoms with Gasteiger partial charge in [0.05, 0.1) is 16.1 Å². The van der Waals surface area contributed by atoms with Crippen molar-refractivity contribution in [3.8, 4) is 0 Å². The Balaban J connectivity index is 1.45. The van der Waals surface area contributed by atoms with Crippen LogP contribution in [0.5, 0.6) is 0 Å². The van der Waals surface area contributed by atoms with Gasteiger partial charge < -0.3 is 10.6 Å². The molecule has 2 N–H and O–H groups in total. The van der Waals surface area contributed by atoms with Crippen LogP contribution >= 0.6 is 23.2 Å². The molecule has 1 aromatic carbocycles. The van der Waals surface area contributed by atoms with Gasteiger partial charge in [0.1, 0.15) is 5.15 Å². The van der Waals surface area contributed by atoms with Gasteiger partial charge >= 0.3 is 0 Å². The lowest BCUT2D eigenvalue weighted by Gasteiger charge is -2.21. The number of hydrogen-bond acceptors (Lipinski definition) is 4. The van der Waals surface area contributed by atoms with Crippen molar-refractivity contribution in [1.82, 2.24) is 15.3 Å². The first-order valence-corrected chi connectivity index (χ1v) is 10.1. The first-order valence-electron chi connectivity index (χ1n) is 9.37.